The maximum Gasteiger partial charge on any atom is 0.231 e. The molecule has 0 fully saturated rings. The maximum atomic E-state index is 12.1. The molecule has 0 aliphatic carbocycles. The third kappa shape index (κ3) is 2.83. The molecule has 0 aliphatic heterocycles. The van der Waals surface area contributed by atoms with Crippen LogP contribution in [0.2, 0.25) is 0 Å². The molecule has 0 saturated carbocycles. The zero-order chi connectivity index (χ0) is 14.8. The van der Waals surface area contributed by atoms with Gasteiger partial charge in [-0.05, 0) is 36.4 Å². The Bertz CT molecular complexity index is 619. The fourth-order valence-corrected chi connectivity index (χ4v) is 1.60. The molecule has 2 rings (SSSR count). The SMILES string of the molecule is Cn1nnnc1-c1cccc(NC(=O)C(C)(C)CN)c1. The van der Waals surface area contributed by atoms with E-state index in [2.05, 4.69) is 20.8 Å². The molecule has 2 aromatic rings. The number of rotatable bonds is 4. The monoisotopic (exact) mass is 274 g/mol. The van der Waals surface area contributed by atoms with E-state index in [1.807, 2.05) is 24.3 Å². The summed E-state index contributed by atoms with van der Waals surface area (Å²) in [6.07, 6.45) is 0. The van der Waals surface area contributed by atoms with Gasteiger partial charge in [-0.25, -0.2) is 4.68 Å². The molecule has 0 aliphatic rings. The largest absolute Gasteiger partial charge is 0.329 e. The number of hydrogen-bond acceptors (Lipinski definition) is 5. The zero-order valence-corrected chi connectivity index (χ0v) is 11.8. The fourth-order valence-electron chi connectivity index (χ4n) is 1.60. The van der Waals surface area contributed by atoms with Crippen molar-refractivity contribution in [1.82, 2.24) is 20.2 Å². The van der Waals surface area contributed by atoms with E-state index in [-0.39, 0.29) is 12.5 Å². The summed E-state index contributed by atoms with van der Waals surface area (Å²) in [6.45, 7) is 3.89. The number of nitrogens with one attached hydrogen (secondary N) is 1. The second-order valence-electron chi connectivity index (χ2n) is 5.25. The summed E-state index contributed by atoms with van der Waals surface area (Å²) in [5.74, 6) is 0.521. The van der Waals surface area contributed by atoms with Gasteiger partial charge in [0.2, 0.25) is 5.91 Å². The Hall–Kier alpha value is -2.28. The van der Waals surface area contributed by atoms with Gasteiger partial charge in [-0.3, -0.25) is 4.79 Å². The van der Waals surface area contributed by atoms with Crippen molar-refractivity contribution in [3.63, 3.8) is 0 Å². The first-order valence-corrected chi connectivity index (χ1v) is 6.28. The van der Waals surface area contributed by atoms with Gasteiger partial charge in [-0.15, -0.1) is 5.10 Å². The summed E-state index contributed by atoms with van der Waals surface area (Å²) >= 11 is 0. The maximum absolute atomic E-state index is 12.1. The molecule has 1 aromatic heterocycles. The number of amides is 1. The standard InChI is InChI=1S/C13H18N6O/c1-13(2,8-14)12(20)15-10-6-4-5-9(7-10)11-16-17-18-19(11)3/h4-7H,8,14H2,1-3H3,(H,15,20). The predicted molar refractivity (Wildman–Crippen MR) is 75.7 cm³/mol. The van der Waals surface area contributed by atoms with Crippen LogP contribution in [0.3, 0.4) is 0 Å². The average molecular weight is 274 g/mol. The first kappa shape index (κ1) is 14.1. The van der Waals surface area contributed by atoms with E-state index in [0.717, 1.165) is 5.56 Å². The number of hydrogen-bond donors (Lipinski definition) is 2. The van der Waals surface area contributed by atoms with E-state index >= 15 is 0 Å². The van der Waals surface area contributed by atoms with Gasteiger partial charge in [0, 0.05) is 24.8 Å². The lowest BCUT2D eigenvalue weighted by atomic mass is 9.92. The normalized spacial score (nSPS) is 11.4. The van der Waals surface area contributed by atoms with Crippen LogP contribution in [0.15, 0.2) is 24.3 Å². The first-order valence-electron chi connectivity index (χ1n) is 6.28. The molecule has 3 N–H and O–H groups in total. The lowest BCUT2D eigenvalue weighted by molar-refractivity contribution is -0.123. The van der Waals surface area contributed by atoms with Gasteiger partial charge in [0.25, 0.3) is 0 Å². The molecule has 1 amide bonds. The van der Waals surface area contributed by atoms with Crippen LogP contribution in [0.4, 0.5) is 5.69 Å². The number of carbonyl (C=O) groups is 1. The summed E-state index contributed by atoms with van der Waals surface area (Å²) in [5, 5.41) is 14.2. The van der Waals surface area contributed by atoms with E-state index < -0.39 is 5.41 Å². The number of anilines is 1. The quantitative estimate of drug-likeness (QED) is 0.859. The summed E-state index contributed by atoms with van der Waals surface area (Å²) in [7, 11) is 1.76. The Morgan fingerprint density at radius 3 is 2.80 bits per heavy atom. The van der Waals surface area contributed by atoms with E-state index in [4.69, 9.17) is 5.73 Å². The second kappa shape index (κ2) is 5.38. The van der Waals surface area contributed by atoms with Gasteiger partial charge in [-0.1, -0.05) is 12.1 Å². The second-order valence-corrected chi connectivity index (χ2v) is 5.25. The number of nitrogens with two attached hydrogens (primary N) is 1. The molecule has 0 bridgehead atoms. The van der Waals surface area contributed by atoms with Gasteiger partial charge < -0.3 is 11.1 Å². The average Bonchev–Trinajstić information content (AvgIpc) is 2.85. The molecule has 7 heteroatoms. The van der Waals surface area contributed by atoms with Crippen LogP contribution in [-0.4, -0.2) is 32.7 Å². The number of benzene rings is 1. The smallest absolute Gasteiger partial charge is 0.231 e. The third-order valence-electron chi connectivity index (χ3n) is 3.12. The van der Waals surface area contributed by atoms with Crippen LogP contribution in [0, 0.1) is 5.41 Å². The van der Waals surface area contributed by atoms with E-state index in [1.165, 1.54) is 0 Å². The van der Waals surface area contributed by atoms with Crippen LogP contribution in [0.25, 0.3) is 11.4 Å². The number of nitrogens with zero attached hydrogens (tertiary/aromatic N) is 4. The minimum absolute atomic E-state index is 0.117. The predicted octanol–water partition coefficient (Wildman–Crippen LogP) is 0.800. The Kier molecular flexibility index (Phi) is 3.80. The van der Waals surface area contributed by atoms with E-state index in [9.17, 15) is 4.79 Å². The highest BCUT2D eigenvalue weighted by atomic mass is 16.2. The minimum atomic E-state index is -0.609. The number of carbonyl (C=O) groups excluding carboxylic acids is 1. The van der Waals surface area contributed by atoms with Crippen molar-refractivity contribution in [2.75, 3.05) is 11.9 Å². The molecular formula is C13H18N6O. The van der Waals surface area contributed by atoms with Gasteiger partial charge in [0.05, 0.1) is 5.41 Å². The highest BCUT2D eigenvalue weighted by molar-refractivity contribution is 5.95. The van der Waals surface area contributed by atoms with Crippen molar-refractivity contribution in [2.45, 2.75) is 13.8 Å². The molecule has 0 unspecified atom stereocenters. The lowest BCUT2D eigenvalue weighted by Crippen LogP contribution is -2.37. The molecule has 1 aromatic carbocycles. The molecule has 1 heterocycles. The molecule has 0 atom stereocenters. The van der Waals surface area contributed by atoms with Gasteiger partial charge in [-0.2, -0.15) is 0 Å². The van der Waals surface area contributed by atoms with Crippen molar-refractivity contribution in [3.8, 4) is 11.4 Å². The molecule has 7 nitrogen and oxygen atoms in total. The summed E-state index contributed by atoms with van der Waals surface area (Å²) in [6, 6.07) is 7.37. The summed E-state index contributed by atoms with van der Waals surface area (Å²) < 4.78 is 1.57. The van der Waals surface area contributed by atoms with Crippen molar-refractivity contribution >= 4 is 11.6 Å². The number of tetrazole rings is 1. The Labute approximate surface area is 117 Å². The molecule has 20 heavy (non-hydrogen) atoms. The zero-order valence-electron chi connectivity index (χ0n) is 11.8. The van der Waals surface area contributed by atoms with Crippen LogP contribution in [0.5, 0.6) is 0 Å². The van der Waals surface area contributed by atoms with Crippen molar-refractivity contribution in [2.24, 2.45) is 18.2 Å². The van der Waals surface area contributed by atoms with Crippen molar-refractivity contribution < 1.29 is 4.79 Å². The van der Waals surface area contributed by atoms with E-state index in [0.29, 0.717) is 11.5 Å². The number of aromatic nitrogens is 4. The minimum Gasteiger partial charge on any atom is -0.329 e. The fraction of sp³-hybridized carbons (Fsp3) is 0.385. The van der Waals surface area contributed by atoms with Crippen LogP contribution < -0.4 is 11.1 Å². The first-order chi connectivity index (χ1) is 9.44. The highest BCUT2D eigenvalue weighted by Crippen LogP contribution is 2.22. The van der Waals surface area contributed by atoms with Crippen molar-refractivity contribution in [3.05, 3.63) is 24.3 Å². The molecular weight excluding hydrogens is 256 g/mol. The third-order valence-corrected chi connectivity index (χ3v) is 3.12. The van der Waals surface area contributed by atoms with E-state index in [1.54, 1.807) is 25.6 Å². The van der Waals surface area contributed by atoms with Gasteiger partial charge in [0.15, 0.2) is 5.82 Å². The van der Waals surface area contributed by atoms with Gasteiger partial charge >= 0.3 is 0 Å². The molecule has 0 saturated heterocycles. The Morgan fingerprint density at radius 2 is 2.20 bits per heavy atom. The Balaban J connectivity index is 2.23. The Morgan fingerprint density at radius 1 is 1.45 bits per heavy atom. The molecule has 0 radical (unpaired) electrons. The topological polar surface area (TPSA) is 98.7 Å². The van der Waals surface area contributed by atoms with Crippen molar-refractivity contribution in [1.29, 1.82) is 0 Å². The molecule has 0 spiro atoms. The summed E-state index contributed by atoms with van der Waals surface area (Å²) in [4.78, 5) is 12.1. The summed E-state index contributed by atoms with van der Waals surface area (Å²) in [5.41, 5.74) is 6.51. The molecule has 106 valence electrons. The van der Waals surface area contributed by atoms with Crippen LogP contribution in [0.1, 0.15) is 13.8 Å². The van der Waals surface area contributed by atoms with Gasteiger partial charge in [0.1, 0.15) is 0 Å². The van der Waals surface area contributed by atoms with Crippen LogP contribution in [-0.2, 0) is 11.8 Å². The lowest BCUT2D eigenvalue weighted by Gasteiger charge is -2.21. The number of aryl methyl sites for hydroxylation is 1. The highest BCUT2D eigenvalue weighted by Gasteiger charge is 2.25. The van der Waals surface area contributed by atoms with Crippen LogP contribution >= 0.6 is 0 Å².